The molecule has 1 fully saturated rings. The van der Waals surface area contributed by atoms with Crippen molar-refractivity contribution in [2.45, 2.75) is 31.0 Å². The van der Waals surface area contributed by atoms with Gasteiger partial charge in [0.1, 0.15) is 6.07 Å². The zero-order valence-electron chi connectivity index (χ0n) is 6.23. The Morgan fingerprint density at radius 3 is 2.17 bits per heavy atom. The molecule has 1 aliphatic rings. The molecule has 1 aliphatic carbocycles. The topological polar surface area (TPSA) is 44.0 Å². The summed E-state index contributed by atoms with van der Waals surface area (Å²) in [6.07, 6.45) is -3.95. The number of hydrogen-bond acceptors (Lipinski definition) is 2. The number of rotatable bonds is 2. The number of nitrogens with zero attached hydrogens (tertiary/aromatic N) is 1. The smallest absolute Gasteiger partial charge is 0.368 e. The first-order chi connectivity index (χ1) is 5.39. The van der Waals surface area contributed by atoms with E-state index in [4.69, 9.17) is 10.4 Å². The van der Waals surface area contributed by atoms with Crippen molar-refractivity contribution in [3.05, 3.63) is 0 Å². The predicted octanol–water partition coefficient (Wildman–Crippen LogP) is 1.60. The van der Waals surface area contributed by atoms with Gasteiger partial charge in [-0.1, -0.05) is 12.8 Å². The summed E-state index contributed by atoms with van der Waals surface area (Å²) in [4.78, 5) is 0. The largest absolute Gasteiger partial charge is 0.430 e. The Balaban J connectivity index is 2.67. The Hall–Kier alpha value is -0.760. The Bertz CT molecular complexity index is 216. The lowest BCUT2D eigenvalue weighted by molar-refractivity contribution is -0.239. The molecule has 1 atom stereocenters. The predicted molar refractivity (Wildman–Crippen MR) is 34.0 cm³/mol. The van der Waals surface area contributed by atoms with Gasteiger partial charge in [-0.2, -0.15) is 18.4 Å². The minimum atomic E-state index is -4.83. The molecule has 1 N–H and O–H groups in total. The molecule has 0 saturated heterocycles. The van der Waals surface area contributed by atoms with E-state index in [0.29, 0.717) is 12.8 Å². The zero-order chi connectivity index (χ0) is 9.41. The van der Waals surface area contributed by atoms with E-state index in [0.717, 1.165) is 6.07 Å². The zero-order valence-corrected chi connectivity index (χ0v) is 6.23. The SMILES string of the molecule is N#CC(O)(CC1CC1)C(F)(F)F. The summed E-state index contributed by atoms with van der Waals surface area (Å²) >= 11 is 0. The standard InChI is InChI=1S/C7H8F3NO/c8-7(9,10)6(12,4-11)3-5-1-2-5/h5,12H,1-3H2. The second kappa shape index (κ2) is 2.63. The van der Waals surface area contributed by atoms with Crippen molar-refractivity contribution in [3.8, 4) is 6.07 Å². The normalized spacial score (nSPS) is 22.9. The van der Waals surface area contributed by atoms with Crippen LogP contribution in [0.3, 0.4) is 0 Å². The summed E-state index contributed by atoms with van der Waals surface area (Å²) in [6.45, 7) is 0. The van der Waals surface area contributed by atoms with Gasteiger partial charge < -0.3 is 5.11 Å². The average molecular weight is 179 g/mol. The van der Waals surface area contributed by atoms with E-state index in [2.05, 4.69) is 0 Å². The molecule has 0 bridgehead atoms. The molecule has 2 nitrogen and oxygen atoms in total. The number of hydrogen-bond donors (Lipinski definition) is 1. The number of nitriles is 1. The highest BCUT2D eigenvalue weighted by atomic mass is 19.4. The van der Waals surface area contributed by atoms with Crippen molar-refractivity contribution in [1.82, 2.24) is 0 Å². The van der Waals surface area contributed by atoms with Gasteiger partial charge in [-0.05, 0) is 5.92 Å². The quantitative estimate of drug-likeness (QED) is 0.654. The van der Waals surface area contributed by atoms with Gasteiger partial charge in [0, 0.05) is 6.42 Å². The van der Waals surface area contributed by atoms with E-state index in [1.54, 1.807) is 0 Å². The summed E-state index contributed by atoms with van der Waals surface area (Å²) in [5.41, 5.74) is -3.13. The maximum atomic E-state index is 12.0. The molecule has 0 aromatic rings. The van der Waals surface area contributed by atoms with E-state index >= 15 is 0 Å². The molecule has 0 aromatic heterocycles. The third kappa shape index (κ3) is 1.69. The van der Waals surface area contributed by atoms with Gasteiger partial charge in [-0.25, -0.2) is 0 Å². The van der Waals surface area contributed by atoms with Crippen LogP contribution in [-0.4, -0.2) is 16.9 Å². The van der Waals surface area contributed by atoms with Crippen LogP contribution in [0.2, 0.25) is 0 Å². The second-order valence-electron chi connectivity index (χ2n) is 3.12. The number of alkyl halides is 3. The van der Waals surface area contributed by atoms with E-state index < -0.39 is 18.2 Å². The molecular formula is C7H8F3NO. The number of aliphatic hydroxyl groups is 1. The maximum absolute atomic E-state index is 12.0. The molecule has 0 heterocycles. The molecule has 0 spiro atoms. The summed E-state index contributed by atoms with van der Waals surface area (Å²) < 4.78 is 36.1. The van der Waals surface area contributed by atoms with Crippen LogP contribution < -0.4 is 0 Å². The van der Waals surface area contributed by atoms with Gasteiger partial charge in [0.05, 0.1) is 0 Å². The minimum absolute atomic E-state index is 0.128. The van der Waals surface area contributed by atoms with Crippen molar-refractivity contribution in [2.75, 3.05) is 0 Å². The van der Waals surface area contributed by atoms with Gasteiger partial charge in [0.2, 0.25) is 5.60 Å². The molecule has 0 radical (unpaired) electrons. The van der Waals surface area contributed by atoms with Crippen LogP contribution in [0, 0.1) is 17.2 Å². The molecule has 1 saturated carbocycles. The molecule has 1 rings (SSSR count). The van der Waals surface area contributed by atoms with Crippen LogP contribution in [-0.2, 0) is 0 Å². The fraction of sp³-hybridized carbons (Fsp3) is 0.857. The summed E-state index contributed by atoms with van der Waals surface area (Å²) in [6, 6.07) is 0.920. The monoisotopic (exact) mass is 179 g/mol. The molecule has 12 heavy (non-hydrogen) atoms. The van der Waals surface area contributed by atoms with Crippen LogP contribution in [0.15, 0.2) is 0 Å². The van der Waals surface area contributed by atoms with Crippen molar-refractivity contribution >= 4 is 0 Å². The van der Waals surface area contributed by atoms with Crippen molar-refractivity contribution in [1.29, 1.82) is 5.26 Å². The highest BCUT2D eigenvalue weighted by Gasteiger charge is 2.56. The van der Waals surface area contributed by atoms with Crippen molar-refractivity contribution < 1.29 is 18.3 Å². The fourth-order valence-corrected chi connectivity index (χ4v) is 0.965. The molecule has 0 amide bonds. The van der Waals surface area contributed by atoms with E-state index in [1.807, 2.05) is 0 Å². The fourth-order valence-electron chi connectivity index (χ4n) is 0.965. The van der Waals surface area contributed by atoms with Crippen molar-refractivity contribution in [2.24, 2.45) is 5.92 Å². The Labute approximate surface area is 67.6 Å². The average Bonchev–Trinajstić information content (AvgIpc) is 2.69. The first-order valence-electron chi connectivity index (χ1n) is 3.59. The number of halogens is 3. The lowest BCUT2D eigenvalue weighted by Crippen LogP contribution is -2.44. The van der Waals surface area contributed by atoms with Crippen LogP contribution in [0.1, 0.15) is 19.3 Å². The molecule has 68 valence electrons. The highest BCUT2D eigenvalue weighted by molar-refractivity contribution is 5.07. The molecule has 0 aromatic carbocycles. The van der Waals surface area contributed by atoms with Gasteiger partial charge in [0.15, 0.2) is 0 Å². The Morgan fingerprint density at radius 1 is 1.42 bits per heavy atom. The third-order valence-electron chi connectivity index (χ3n) is 1.93. The van der Waals surface area contributed by atoms with E-state index in [1.165, 1.54) is 0 Å². The van der Waals surface area contributed by atoms with E-state index in [-0.39, 0.29) is 5.92 Å². The maximum Gasteiger partial charge on any atom is 0.430 e. The molecule has 1 unspecified atom stereocenters. The van der Waals surface area contributed by atoms with Crippen LogP contribution >= 0.6 is 0 Å². The second-order valence-corrected chi connectivity index (χ2v) is 3.12. The van der Waals surface area contributed by atoms with E-state index in [9.17, 15) is 13.2 Å². The summed E-state index contributed by atoms with van der Waals surface area (Å²) in [7, 11) is 0. The first-order valence-corrected chi connectivity index (χ1v) is 3.59. The Morgan fingerprint density at radius 2 is 1.92 bits per heavy atom. The lowest BCUT2D eigenvalue weighted by atomic mass is 9.98. The van der Waals surface area contributed by atoms with Crippen LogP contribution in [0.5, 0.6) is 0 Å². The highest BCUT2D eigenvalue weighted by Crippen LogP contribution is 2.42. The minimum Gasteiger partial charge on any atom is -0.368 e. The van der Waals surface area contributed by atoms with Gasteiger partial charge in [-0.15, -0.1) is 0 Å². The summed E-state index contributed by atoms with van der Waals surface area (Å²) in [5.74, 6) is -0.128. The third-order valence-corrected chi connectivity index (χ3v) is 1.93. The van der Waals surface area contributed by atoms with Gasteiger partial charge >= 0.3 is 6.18 Å². The van der Waals surface area contributed by atoms with Crippen LogP contribution in [0.25, 0.3) is 0 Å². The van der Waals surface area contributed by atoms with Crippen molar-refractivity contribution in [3.63, 3.8) is 0 Å². The lowest BCUT2D eigenvalue weighted by Gasteiger charge is -2.22. The molecule has 5 heteroatoms. The Kier molecular flexibility index (Phi) is 2.04. The van der Waals surface area contributed by atoms with Gasteiger partial charge in [-0.3, -0.25) is 0 Å². The van der Waals surface area contributed by atoms with Gasteiger partial charge in [0.25, 0.3) is 0 Å². The van der Waals surface area contributed by atoms with Crippen LogP contribution in [0.4, 0.5) is 13.2 Å². The summed E-state index contributed by atoms with van der Waals surface area (Å²) in [5, 5.41) is 17.1. The molecule has 0 aliphatic heterocycles. The first kappa shape index (κ1) is 9.33. The molecular weight excluding hydrogens is 171 g/mol.